The van der Waals surface area contributed by atoms with Gasteiger partial charge in [-0.1, -0.05) is 0 Å². The first kappa shape index (κ1) is 6.88. The molecule has 1 aromatic carbocycles. The van der Waals surface area contributed by atoms with Crippen LogP contribution in [0, 0.1) is 0 Å². The molecule has 0 amide bonds. The predicted octanol–water partition coefficient (Wildman–Crippen LogP) is 1.32. The first-order chi connectivity index (χ1) is 6.43. The third-order valence-electron chi connectivity index (χ3n) is 2.48. The van der Waals surface area contributed by atoms with Crippen molar-refractivity contribution in [2.75, 3.05) is 11.9 Å². The first-order valence-corrected chi connectivity index (χ1v) is 4.51. The fraction of sp³-hybridized carbons (Fsp3) is 0.333. The number of aromatic nitrogens is 3. The summed E-state index contributed by atoms with van der Waals surface area (Å²) in [5.74, 6) is 0. The molecule has 0 bridgehead atoms. The van der Waals surface area contributed by atoms with Gasteiger partial charge in [-0.05, 0) is 30.5 Å². The summed E-state index contributed by atoms with van der Waals surface area (Å²) in [5, 5.41) is 14.1. The normalized spacial score (nSPS) is 15.4. The van der Waals surface area contributed by atoms with Crippen LogP contribution in [0.15, 0.2) is 12.1 Å². The van der Waals surface area contributed by atoms with Gasteiger partial charge in [-0.15, -0.1) is 0 Å². The zero-order valence-electron chi connectivity index (χ0n) is 7.17. The third kappa shape index (κ3) is 0.983. The molecule has 1 aliphatic heterocycles. The SMILES string of the molecule is c1c2c(cc3n[nH]nc13)NCCC2. The Morgan fingerprint density at radius 3 is 2.92 bits per heavy atom. The molecule has 1 aromatic heterocycles. The standard InChI is InChI=1S/C9H10N4/c1-2-6-4-8-9(12-13-11-8)5-7(6)10-3-1/h4-5,10H,1-3H2,(H,11,12,13). The zero-order valence-corrected chi connectivity index (χ0v) is 7.17. The minimum atomic E-state index is 0.938. The lowest BCUT2D eigenvalue weighted by atomic mass is 10.0. The van der Waals surface area contributed by atoms with Gasteiger partial charge in [-0.2, -0.15) is 15.4 Å². The van der Waals surface area contributed by atoms with Crippen molar-refractivity contribution in [2.45, 2.75) is 12.8 Å². The summed E-state index contributed by atoms with van der Waals surface area (Å²) < 4.78 is 0. The summed E-state index contributed by atoms with van der Waals surface area (Å²) in [5.41, 5.74) is 4.47. The van der Waals surface area contributed by atoms with E-state index in [-0.39, 0.29) is 0 Å². The summed E-state index contributed by atoms with van der Waals surface area (Å²) in [4.78, 5) is 0. The highest BCUT2D eigenvalue weighted by atomic mass is 15.3. The number of hydrogen-bond acceptors (Lipinski definition) is 3. The molecule has 1 aliphatic rings. The van der Waals surface area contributed by atoms with Gasteiger partial charge in [0.2, 0.25) is 0 Å². The summed E-state index contributed by atoms with van der Waals surface area (Å²) in [6.45, 7) is 1.07. The molecular weight excluding hydrogens is 164 g/mol. The Bertz CT molecular complexity index is 406. The van der Waals surface area contributed by atoms with Gasteiger partial charge in [0.25, 0.3) is 0 Å². The number of hydrogen-bond donors (Lipinski definition) is 2. The maximum absolute atomic E-state index is 4.06. The van der Waals surface area contributed by atoms with E-state index in [1.54, 1.807) is 0 Å². The van der Waals surface area contributed by atoms with Crippen molar-refractivity contribution in [3.8, 4) is 0 Å². The molecule has 2 N–H and O–H groups in total. The van der Waals surface area contributed by atoms with E-state index >= 15 is 0 Å². The van der Waals surface area contributed by atoms with Crippen molar-refractivity contribution in [3.63, 3.8) is 0 Å². The quantitative estimate of drug-likeness (QED) is 0.633. The number of fused-ring (bicyclic) bond motifs is 2. The van der Waals surface area contributed by atoms with E-state index in [2.05, 4.69) is 32.9 Å². The van der Waals surface area contributed by atoms with E-state index < -0.39 is 0 Å². The minimum absolute atomic E-state index is 0.938. The number of H-pyrrole nitrogens is 1. The summed E-state index contributed by atoms with van der Waals surface area (Å²) >= 11 is 0. The van der Waals surface area contributed by atoms with Gasteiger partial charge in [0.05, 0.1) is 0 Å². The second kappa shape index (κ2) is 2.45. The van der Waals surface area contributed by atoms with Gasteiger partial charge >= 0.3 is 0 Å². The predicted molar refractivity (Wildman–Crippen MR) is 50.7 cm³/mol. The number of anilines is 1. The first-order valence-electron chi connectivity index (χ1n) is 4.51. The van der Waals surface area contributed by atoms with E-state index in [1.165, 1.54) is 17.7 Å². The molecule has 66 valence electrons. The highest BCUT2D eigenvalue weighted by Gasteiger charge is 2.10. The maximum atomic E-state index is 4.06. The average Bonchev–Trinajstić information content (AvgIpc) is 2.61. The fourth-order valence-corrected chi connectivity index (χ4v) is 1.81. The molecule has 0 aliphatic carbocycles. The van der Waals surface area contributed by atoms with Crippen molar-refractivity contribution >= 4 is 16.7 Å². The van der Waals surface area contributed by atoms with Gasteiger partial charge in [0.1, 0.15) is 11.0 Å². The number of benzene rings is 1. The lowest BCUT2D eigenvalue weighted by Gasteiger charge is -2.16. The monoisotopic (exact) mass is 174 g/mol. The third-order valence-corrected chi connectivity index (χ3v) is 2.48. The fourth-order valence-electron chi connectivity index (χ4n) is 1.81. The van der Waals surface area contributed by atoms with Crippen molar-refractivity contribution in [2.24, 2.45) is 0 Å². The Morgan fingerprint density at radius 1 is 1.15 bits per heavy atom. The number of aryl methyl sites for hydroxylation is 1. The number of aromatic amines is 1. The van der Waals surface area contributed by atoms with Crippen LogP contribution in [0.2, 0.25) is 0 Å². The Morgan fingerprint density at radius 2 is 2.00 bits per heavy atom. The van der Waals surface area contributed by atoms with E-state index in [9.17, 15) is 0 Å². The lowest BCUT2D eigenvalue weighted by Crippen LogP contribution is -2.11. The molecule has 0 spiro atoms. The molecule has 4 heteroatoms. The smallest absolute Gasteiger partial charge is 0.115 e. The highest BCUT2D eigenvalue weighted by Crippen LogP contribution is 2.25. The number of nitrogens with one attached hydrogen (secondary N) is 2. The molecule has 0 radical (unpaired) electrons. The molecule has 0 unspecified atom stereocenters. The Hall–Kier alpha value is -1.58. The van der Waals surface area contributed by atoms with Crippen LogP contribution in [0.1, 0.15) is 12.0 Å². The van der Waals surface area contributed by atoms with Crippen LogP contribution in [-0.2, 0) is 6.42 Å². The van der Waals surface area contributed by atoms with Crippen LogP contribution in [0.5, 0.6) is 0 Å². The molecule has 2 aromatic rings. The van der Waals surface area contributed by atoms with Gasteiger partial charge in [0, 0.05) is 12.2 Å². The highest BCUT2D eigenvalue weighted by molar-refractivity contribution is 5.80. The van der Waals surface area contributed by atoms with Crippen LogP contribution in [0.25, 0.3) is 11.0 Å². The molecule has 2 heterocycles. The zero-order chi connectivity index (χ0) is 8.67. The van der Waals surface area contributed by atoms with Crippen LogP contribution in [0.3, 0.4) is 0 Å². The Balaban J connectivity index is 2.28. The summed E-state index contributed by atoms with van der Waals surface area (Å²) in [7, 11) is 0. The topological polar surface area (TPSA) is 53.6 Å². The van der Waals surface area contributed by atoms with Crippen molar-refractivity contribution < 1.29 is 0 Å². The van der Waals surface area contributed by atoms with E-state index in [0.717, 1.165) is 24.0 Å². The van der Waals surface area contributed by atoms with Crippen LogP contribution >= 0.6 is 0 Å². The molecular formula is C9H10N4. The molecule has 3 rings (SSSR count). The Labute approximate surface area is 75.3 Å². The number of nitrogens with zero attached hydrogens (tertiary/aromatic N) is 2. The van der Waals surface area contributed by atoms with E-state index in [4.69, 9.17) is 0 Å². The second-order valence-electron chi connectivity index (χ2n) is 3.35. The lowest BCUT2D eigenvalue weighted by molar-refractivity contribution is 0.831. The van der Waals surface area contributed by atoms with Crippen molar-refractivity contribution in [1.29, 1.82) is 0 Å². The molecule has 4 nitrogen and oxygen atoms in total. The molecule has 13 heavy (non-hydrogen) atoms. The van der Waals surface area contributed by atoms with E-state index in [1.807, 2.05) is 0 Å². The summed E-state index contributed by atoms with van der Waals surface area (Å²) in [6, 6.07) is 4.17. The van der Waals surface area contributed by atoms with Crippen molar-refractivity contribution in [1.82, 2.24) is 15.4 Å². The van der Waals surface area contributed by atoms with Crippen LogP contribution in [0.4, 0.5) is 5.69 Å². The van der Waals surface area contributed by atoms with Gasteiger partial charge in [-0.3, -0.25) is 0 Å². The second-order valence-corrected chi connectivity index (χ2v) is 3.35. The van der Waals surface area contributed by atoms with Crippen LogP contribution in [-0.4, -0.2) is 22.0 Å². The molecule has 0 saturated heterocycles. The largest absolute Gasteiger partial charge is 0.385 e. The molecule has 0 atom stereocenters. The molecule has 0 saturated carbocycles. The van der Waals surface area contributed by atoms with Crippen LogP contribution < -0.4 is 5.32 Å². The van der Waals surface area contributed by atoms with E-state index in [0.29, 0.717) is 0 Å². The Kier molecular flexibility index (Phi) is 1.30. The van der Waals surface area contributed by atoms with Gasteiger partial charge in [0.15, 0.2) is 0 Å². The summed E-state index contributed by atoms with van der Waals surface area (Å²) in [6.07, 6.45) is 2.35. The average molecular weight is 174 g/mol. The molecule has 0 fully saturated rings. The van der Waals surface area contributed by atoms with Gasteiger partial charge in [-0.25, -0.2) is 0 Å². The van der Waals surface area contributed by atoms with Gasteiger partial charge < -0.3 is 5.32 Å². The van der Waals surface area contributed by atoms with Crippen molar-refractivity contribution in [3.05, 3.63) is 17.7 Å². The maximum Gasteiger partial charge on any atom is 0.115 e. The minimum Gasteiger partial charge on any atom is -0.385 e. The number of rotatable bonds is 0.